The second kappa shape index (κ2) is 8.98. The highest BCUT2D eigenvalue weighted by Crippen LogP contribution is 2.23. The highest BCUT2D eigenvalue weighted by molar-refractivity contribution is 6.31. The number of anilines is 1. The molecule has 1 aromatic heterocycles. The van der Waals surface area contributed by atoms with Gasteiger partial charge in [-0.15, -0.1) is 0 Å². The van der Waals surface area contributed by atoms with Gasteiger partial charge in [0.05, 0.1) is 12.2 Å². The van der Waals surface area contributed by atoms with E-state index in [2.05, 4.69) is 10.4 Å². The third-order valence-electron chi connectivity index (χ3n) is 5.09. The van der Waals surface area contributed by atoms with Crippen LogP contribution in [0.1, 0.15) is 33.6 Å². The van der Waals surface area contributed by atoms with Crippen LogP contribution in [0, 0.1) is 39.0 Å². The number of nitrogens with zero attached hydrogens (tertiary/aromatic N) is 3. The van der Waals surface area contributed by atoms with E-state index in [1.807, 2.05) is 80.9 Å². The van der Waals surface area contributed by atoms with Gasteiger partial charge >= 0.3 is 0 Å². The number of benzene rings is 2. The maximum absolute atomic E-state index is 12.8. The first-order valence-electron chi connectivity index (χ1n) is 9.58. The van der Waals surface area contributed by atoms with Gasteiger partial charge in [-0.25, -0.2) is 0 Å². The summed E-state index contributed by atoms with van der Waals surface area (Å²) in [6.45, 7) is 8.13. The fourth-order valence-corrected chi connectivity index (χ4v) is 3.54. The second-order valence-corrected chi connectivity index (χ2v) is 7.63. The lowest BCUT2D eigenvalue weighted by Gasteiger charge is -2.11. The smallest absolute Gasteiger partial charge is 0.266 e. The molecule has 1 N–H and O–H groups in total. The van der Waals surface area contributed by atoms with Crippen molar-refractivity contribution in [2.75, 3.05) is 5.32 Å². The zero-order valence-electron chi connectivity index (χ0n) is 17.5. The Labute approximate surface area is 181 Å². The van der Waals surface area contributed by atoms with Gasteiger partial charge in [0.15, 0.2) is 0 Å². The van der Waals surface area contributed by atoms with Crippen molar-refractivity contribution >= 4 is 29.3 Å². The summed E-state index contributed by atoms with van der Waals surface area (Å²) < 4.78 is 1.83. The van der Waals surface area contributed by atoms with Crippen molar-refractivity contribution in [3.05, 3.63) is 86.7 Å². The molecule has 1 heterocycles. The van der Waals surface area contributed by atoms with Crippen LogP contribution in [0.3, 0.4) is 0 Å². The molecule has 0 saturated carbocycles. The SMILES string of the molecule is Cc1cccc(C)c1NC(=O)/C(C#N)=C/c1c(C)nn(Cc2ccccc2Cl)c1C. The minimum atomic E-state index is -0.437. The Hall–Kier alpha value is -3.36. The fourth-order valence-electron chi connectivity index (χ4n) is 3.35. The molecule has 0 atom stereocenters. The van der Waals surface area contributed by atoms with Gasteiger partial charge in [0, 0.05) is 22.0 Å². The third kappa shape index (κ3) is 4.45. The molecular weight excluding hydrogens is 396 g/mol. The number of para-hydroxylation sites is 1. The van der Waals surface area contributed by atoms with Crippen molar-refractivity contribution in [2.24, 2.45) is 0 Å². The van der Waals surface area contributed by atoms with Crippen LogP contribution in [0.2, 0.25) is 5.02 Å². The lowest BCUT2D eigenvalue weighted by molar-refractivity contribution is -0.112. The first-order chi connectivity index (χ1) is 14.3. The summed E-state index contributed by atoms with van der Waals surface area (Å²) in [5, 5.41) is 17.7. The van der Waals surface area contributed by atoms with Crippen molar-refractivity contribution in [3.8, 4) is 6.07 Å². The predicted octanol–water partition coefficient (Wildman–Crippen LogP) is 5.36. The number of aromatic nitrogens is 2. The summed E-state index contributed by atoms with van der Waals surface area (Å²) in [5.41, 5.74) is 5.96. The van der Waals surface area contributed by atoms with E-state index in [1.54, 1.807) is 6.08 Å². The minimum absolute atomic E-state index is 0.0288. The number of hydrogen-bond donors (Lipinski definition) is 1. The zero-order valence-corrected chi connectivity index (χ0v) is 18.2. The Balaban J connectivity index is 1.91. The van der Waals surface area contributed by atoms with E-state index < -0.39 is 5.91 Å². The molecule has 0 aliphatic carbocycles. The first-order valence-corrected chi connectivity index (χ1v) is 9.96. The van der Waals surface area contributed by atoms with Crippen LogP contribution in [0.15, 0.2) is 48.0 Å². The van der Waals surface area contributed by atoms with E-state index in [0.29, 0.717) is 11.6 Å². The number of carbonyl (C=O) groups is 1. The number of rotatable bonds is 5. The Morgan fingerprint density at radius 2 is 1.80 bits per heavy atom. The average Bonchev–Trinajstić information content (AvgIpc) is 2.97. The number of halogens is 1. The second-order valence-electron chi connectivity index (χ2n) is 7.22. The molecule has 5 nitrogen and oxygen atoms in total. The Morgan fingerprint density at radius 3 is 2.43 bits per heavy atom. The molecule has 0 aliphatic rings. The molecule has 3 rings (SSSR count). The Morgan fingerprint density at radius 1 is 1.13 bits per heavy atom. The van der Waals surface area contributed by atoms with Crippen LogP contribution in [0.4, 0.5) is 5.69 Å². The van der Waals surface area contributed by atoms with E-state index in [0.717, 1.165) is 39.3 Å². The zero-order chi connectivity index (χ0) is 21.8. The van der Waals surface area contributed by atoms with Gasteiger partial charge in [-0.1, -0.05) is 48.0 Å². The van der Waals surface area contributed by atoms with Gasteiger partial charge in [0.1, 0.15) is 11.6 Å². The van der Waals surface area contributed by atoms with Gasteiger partial charge in [0.25, 0.3) is 5.91 Å². The molecule has 152 valence electrons. The lowest BCUT2D eigenvalue weighted by atomic mass is 10.1. The normalized spacial score (nSPS) is 11.3. The molecule has 0 radical (unpaired) electrons. The average molecular weight is 419 g/mol. The highest BCUT2D eigenvalue weighted by Gasteiger charge is 2.16. The van der Waals surface area contributed by atoms with E-state index in [9.17, 15) is 10.1 Å². The molecule has 0 fully saturated rings. The monoisotopic (exact) mass is 418 g/mol. The number of hydrogen-bond acceptors (Lipinski definition) is 3. The maximum atomic E-state index is 12.8. The molecule has 2 aromatic carbocycles. The summed E-state index contributed by atoms with van der Waals surface area (Å²) in [6, 6.07) is 15.4. The van der Waals surface area contributed by atoms with Crippen LogP contribution in [-0.2, 0) is 11.3 Å². The summed E-state index contributed by atoms with van der Waals surface area (Å²) in [5.74, 6) is -0.437. The molecule has 3 aromatic rings. The number of nitriles is 1. The van der Waals surface area contributed by atoms with Crippen LogP contribution in [0.5, 0.6) is 0 Å². The van der Waals surface area contributed by atoms with E-state index in [-0.39, 0.29) is 5.57 Å². The summed E-state index contributed by atoms with van der Waals surface area (Å²) in [7, 11) is 0. The molecule has 30 heavy (non-hydrogen) atoms. The third-order valence-corrected chi connectivity index (χ3v) is 5.46. The molecule has 1 amide bonds. The van der Waals surface area contributed by atoms with Gasteiger partial charge in [-0.2, -0.15) is 10.4 Å². The number of amides is 1. The molecule has 0 unspecified atom stereocenters. The minimum Gasteiger partial charge on any atom is -0.321 e. The summed E-state index contributed by atoms with van der Waals surface area (Å²) in [4.78, 5) is 12.8. The molecule has 0 aliphatic heterocycles. The highest BCUT2D eigenvalue weighted by atomic mass is 35.5. The Kier molecular flexibility index (Phi) is 6.39. The molecule has 0 bridgehead atoms. The van der Waals surface area contributed by atoms with Crippen LogP contribution >= 0.6 is 11.6 Å². The van der Waals surface area contributed by atoms with Gasteiger partial charge in [0.2, 0.25) is 0 Å². The molecular formula is C24H23ClN4O. The topological polar surface area (TPSA) is 70.7 Å². The number of nitrogens with one attached hydrogen (secondary N) is 1. The van der Waals surface area contributed by atoms with Crippen molar-refractivity contribution in [2.45, 2.75) is 34.2 Å². The predicted molar refractivity (Wildman–Crippen MR) is 120 cm³/mol. The van der Waals surface area contributed by atoms with E-state index in [4.69, 9.17) is 11.6 Å². The van der Waals surface area contributed by atoms with Gasteiger partial charge in [-0.3, -0.25) is 9.48 Å². The maximum Gasteiger partial charge on any atom is 0.266 e. The molecule has 0 spiro atoms. The molecule has 6 heteroatoms. The Bertz CT molecular complexity index is 1160. The van der Waals surface area contributed by atoms with Crippen molar-refractivity contribution in [1.29, 1.82) is 5.26 Å². The van der Waals surface area contributed by atoms with Gasteiger partial charge in [-0.05, 0) is 56.5 Å². The number of aryl methyl sites for hydroxylation is 3. The van der Waals surface area contributed by atoms with Crippen LogP contribution in [-0.4, -0.2) is 15.7 Å². The lowest BCUT2D eigenvalue weighted by Crippen LogP contribution is -2.15. The summed E-state index contributed by atoms with van der Waals surface area (Å²) in [6.07, 6.45) is 1.60. The summed E-state index contributed by atoms with van der Waals surface area (Å²) >= 11 is 6.27. The standard InChI is InChI=1S/C24H23ClN4O/c1-15-8-7-9-16(2)23(15)27-24(30)20(13-26)12-21-17(3)28-29(18(21)4)14-19-10-5-6-11-22(19)25/h5-12H,14H2,1-4H3,(H,27,30)/b20-12+. The van der Waals surface area contributed by atoms with E-state index in [1.165, 1.54) is 0 Å². The fraction of sp³-hybridized carbons (Fsp3) is 0.208. The van der Waals surface area contributed by atoms with Crippen LogP contribution < -0.4 is 5.32 Å². The van der Waals surface area contributed by atoms with Crippen molar-refractivity contribution in [3.63, 3.8) is 0 Å². The van der Waals surface area contributed by atoms with Crippen molar-refractivity contribution < 1.29 is 4.79 Å². The van der Waals surface area contributed by atoms with Gasteiger partial charge < -0.3 is 5.32 Å². The largest absolute Gasteiger partial charge is 0.321 e. The number of carbonyl (C=O) groups excluding carboxylic acids is 1. The van der Waals surface area contributed by atoms with Crippen LogP contribution in [0.25, 0.3) is 6.08 Å². The van der Waals surface area contributed by atoms with Crippen molar-refractivity contribution in [1.82, 2.24) is 9.78 Å². The van der Waals surface area contributed by atoms with E-state index >= 15 is 0 Å². The first kappa shape index (κ1) is 21.4. The quantitative estimate of drug-likeness (QED) is 0.447. The molecule has 0 saturated heterocycles.